The van der Waals surface area contributed by atoms with Crippen LogP contribution in [0.25, 0.3) is 0 Å². The molecule has 3 heterocycles. The van der Waals surface area contributed by atoms with Crippen LogP contribution in [-0.2, 0) is 4.74 Å². The molecule has 6 nitrogen and oxygen atoms in total. The van der Waals surface area contributed by atoms with E-state index in [1.807, 2.05) is 17.8 Å². The Labute approximate surface area is 135 Å². The summed E-state index contributed by atoms with van der Waals surface area (Å²) in [6, 6.07) is 3.46. The van der Waals surface area contributed by atoms with Crippen LogP contribution in [0.5, 0.6) is 0 Å². The minimum atomic E-state index is -0.169. The summed E-state index contributed by atoms with van der Waals surface area (Å²) in [6.07, 6.45) is 4.44. The minimum absolute atomic E-state index is 0.0702. The Morgan fingerprint density at radius 1 is 1.45 bits per heavy atom. The molecule has 0 spiro atoms. The minimum Gasteiger partial charge on any atom is -0.379 e. The Kier molecular flexibility index (Phi) is 5.17. The first-order chi connectivity index (χ1) is 10.8. The van der Waals surface area contributed by atoms with Gasteiger partial charge in [-0.05, 0) is 24.3 Å². The van der Waals surface area contributed by atoms with Gasteiger partial charge in [-0.3, -0.25) is 9.88 Å². The molecule has 120 valence electrons. The van der Waals surface area contributed by atoms with E-state index in [9.17, 15) is 4.79 Å². The van der Waals surface area contributed by atoms with Crippen LogP contribution in [-0.4, -0.2) is 65.8 Å². The van der Waals surface area contributed by atoms with Gasteiger partial charge in [-0.1, -0.05) is 0 Å². The molecular formula is C15H22N4O2S. The lowest BCUT2D eigenvalue weighted by Gasteiger charge is -2.43. The molecular weight excluding hydrogens is 300 g/mol. The van der Waals surface area contributed by atoms with Crippen molar-refractivity contribution in [2.75, 3.05) is 49.7 Å². The zero-order valence-electron chi connectivity index (χ0n) is 12.6. The lowest BCUT2D eigenvalue weighted by Crippen LogP contribution is -2.59. The van der Waals surface area contributed by atoms with Crippen molar-refractivity contribution in [2.24, 2.45) is 0 Å². The number of carbonyl (C=O) groups is 1. The maximum atomic E-state index is 12.1. The molecule has 7 heteroatoms. The first-order valence-electron chi connectivity index (χ1n) is 7.64. The van der Waals surface area contributed by atoms with E-state index in [1.54, 1.807) is 18.5 Å². The topological polar surface area (TPSA) is 66.5 Å². The Bertz CT molecular complexity index is 488. The number of urea groups is 1. The van der Waals surface area contributed by atoms with E-state index in [2.05, 4.69) is 20.5 Å². The average Bonchev–Trinajstić information content (AvgIpc) is 3.05. The monoisotopic (exact) mass is 322 g/mol. The van der Waals surface area contributed by atoms with Crippen LogP contribution in [0, 0.1) is 0 Å². The maximum Gasteiger partial charge on any atom is 0.319 e. The summed E-state index contributed by atoms with van der Waals surface area (Å²) < 4.78 is 5.45. The zero-order valence-corrected chi connectivity index (χ0v) is 13.4. The molecule has 0 saturated carbocycles. The molecule has 1 unspecified atom stereocenters. The van der Waals surface area contributed by atoms with E-state index in [4.69, 9.17) is 4.74 Å². The van der Waals surface area contributed by atoms with Crippen molar-refractivity contribution in [2.45, 2.75) is 12.0 Å². The average molecular weight is 322 g/mol. The fourth-order valence-corrected chi connectivity index (χ4v) is 4.47. The summed E-state index contributed by atoms with van der Waals surface area (Å²) in [5.74, 6) is 2.23. The van der Waals surface area contributed by atoms with Gasteiger partial charge in [0.15, 0.2) is 0 Å². The summed E-state index contributed by atoms with van der Waals surface area (Å²) in [6.45, 7) is 4.15. The molecule has 1 aromatic heterocycles. The van der Waals surface area contributed by atoms with Gasteiger partial charge in [0.2, 0.25) is 0 Å². The van der Waals surface area contributed by atoms with Crippen LogP contribution in [0.1, 0.15) is 6.42 Å². The number of hydrogen-bond donors (Lipinski definition) is 2. The predicted octanol–water partition coefficient (Wildman–Crippen LogP) is 1.41. The lowest BCUT2D eigenvalue weighted by molar-refractivity contribution is -0.0123. The molecule has 2 aliphatic heterocycles. The highest BCUT2D eigenvalue weighted by Crippen LogP contribution is 2.33. The summed E-state index contributed by atoms with van der Waals surface area (Å²) >= 11 is 1.97. The van der Waals surface area contributed by atoms with E-state index in [0.29, 0.717) is 12.2 Å². The molecule has 2 aliphatic rings. The van der Waals surface area contributed by atoms with Gasteiger partial charge in [0.05, 0.1) is 25.1 Å². The van der Waals surface area contributed by atoms with Crippen LogP contribution in [0.2, 0.25) is 0 Å². The number of anilines is 1. The predicted molar refractivity (Wildman–Crippen MR) is 88.3 cm³/mol. The van der Waals surface area contributed by atoms with Gasteiger partial charge in [-0.15, -0.1) is 0 Å². The fraction of sp³-hybridized carbons (Fsp3) is 0.600. The largest absolute Gasteiger partial charge is 0.379 e. The molecule has 0 aromatic carbocycles. The van der Waals surface area contributed by atoms with Gasteiger partial charge in [0.25, 0.3) is 0 Å². The number of nitrogens with one attached hydrogen (secondary N) is 2. The quantitative estimate of drug-likeness (QED) is 0.877. The van der Waals surface area contributed by atoms with Crippen LogP contribution in [0.3, 0.4) is 0 Å². The second-order valence-corrected chi connectivity index (χ2v) is 6.78. The van der Waals surface area contributed by atoms with E-state index in [-0.39, 0.29) is 11.6 Å². The van der Waals surface area contributed by atoms with Crippen molar-refractivity contribution >= 4 is 23.5 Å². The number of carbonyl (C=O) groups excluding carboxylic acids is 1. The highest BCUT2D eigenvalue weighted by molar-refractivity contribution is 7.99. The first-order valence-corrected chi connectivity index (χ1v) is 8.79. The van der Waals surface area contributed by atoms with Gasteiger partial charge >= 0.3 is 6.03 Å². The molecule has 2 N–H and O–H groups in total. The molecule has 0 radical (unpaired) electrons. The van der Waals surface area contributed by atoms with E-state index in [1.165, 1.54) is 0 Å². The highest BCUT2D eigenvalue weighted by atomic mass is 32.2. The van der Waals surface area contributed by atoms with Crippen LogP contribution >= 0.6 is 11.8 Å². The number of aromatic nitrogens is 1. The van der Waals surface area contributed by atoms with Crippen molar-refractivity contribution in [3.05, 3.63) is 24.5 Å². The van der Waals surface area contributed by atoms with Gasteiger partial charge < -0.3 is 15.4 Å². The third-order valence-corrected chi connectivity index (χ3v) is 5.50. The number of rotatable bonds is 4. The number of ether oxygens (including phenoxy) is 1. The van der Waals surface area contributed by atoms with Gasteiger partial charge in [-0.2, -0.15) is 11.8 Å². The normalized spacial score (nSPS) is 25.8. The van der Waals surface area contributed by atoms with Crippen molar-refractivity contribution in [1.82, 2.24) is 15.2 Å². The number of amides is 2. The number of nitrogens with zero attached hydrogens (tertiary/aromatic N) is 2. The van der Waals surface area contributed by atoms with E-state index in [0.717, 1.165) is 44.2 Å². The molecule has 1 aromatic rings. The van der Waals surface area contributed by atoms with Crippen molar-refractivity contribution < 1.29 is 9.53 Å². The SMILES string of the molecule is O=C(NCC1(N2CCOCC2)CCSC1)Nc1cccnc1. The van der Waals surface area contributed by atoms with Crippen molar-refractivity contribution in [1.29, 1.82) is 0 Å². The molecule has 2 saturated heterocycles. The molecule has 2 fully saturated rings. The van der Waals surface area contributed by atoms with Crippen LogP contribution in [0.4, 0.5) is 10.5 Å². The third-order valence-electron chi connectivity index (χ3n) is 4.26. The third kappa shape index (κ3) is 3.71. The molecule has 0 bridgehead atoms. The van der Waals surface area contributed by atoms with Gasteiger partial charge in [-0.25, -0.2) is 4.79 Å². The van der Waals surface area contributed by atoms with Crippen LogP contribution in [0.15, 0.2) is 24.5 Å². The summed E-state index contributed by atoms with van der Waals surface area (Å²) in [5.41, 5.74) is 0.780. The van der Waals surface area contributed by atoms with Gasteiger partial charge in [0, 0.05) is 37.1 Å². The Morgan fingerprint density at radius 2 is 2.32 bits per heavy atom. The Hall–Kier alpha value is -1.31. The smallest absolute Gasteiger partial charge is 0.319 e. The molecule has 3 rings (SSSR count). The highest BCUT2D eigenvalue weighted by Gasteiger charge is 2.40. The van der Waals surface area contributed by atoms with E-state index >= 15 is 0 Å². The zero-order chi connectivity index (χ0) is 15.3. The molecule has 0 aliphatic carbocycles. The number of pyridine rings is 1. The Balaban J connectivity index is 1.56. The number of thioether (sulfide) groups is 1. The molecule has 1 atom stereocenters. The first kappa shape index (κ1) is 15.6. The maximum absolute atomic E-state index is 12.1. The molecule has 22 heavy (non-hydrogen) atoms. The summed E-state index contributed by atoms with van der Waals surface area (Å²) in [7, 11) is 0. The van der Waals surface area contributed by atoms with Crippen molar-refractivity contribution in [3.63, 3.8) is 0 Å². The Morgan fingerprint density at radius 3 is 3.00 bits per heavy atom. The summed E-state index contributed by atoms with van der Waals surface area (Å²) in [5, 5.41) is 5.86. The van der Waals surface area contributed by atoms with Crippen molar-refractivity contribution in [3.8, 4) is 0 Å². The second kappa shape index (κ2) is 7.30. The van der Waals surface area contributed by atoms with Crippen LogP contribution < -0.4 is 10.6 Å². The number of hydrogen-bond acceptors (Lipinski definition) is 5. The fourth-order valence-electron chi connectivity index (χ4n) is 2.99. The molecule has 2 amide bonds. The second-order valence-electron chi connectivity index (χ2n) is 5.68. The van der Waals surface area contributed by atoms with Gasteiger partial charge in [0.1, 0.15) is 0 Å². The summed E-state index contributed by atoms with van der Waals surface area (Å²) in [4.78, 5) is 18.6. The standard InChI is InChI=1S/C15H22N4O2S/c20-14(18-13-2-1-4-16-10-13)17-11-15(3-9-22-12-15)19-5-7-21-8-6-19/h1-2,4,10H,3,5-9,11-12H2,(H2,17,18,20). The number of morpholine rings is 1. The lowest BCUT2D eigenvalue weighted by atomic mass is 9.95. The van der Waals surface area contributed by atoms with E-state index < -0.39 is 0 Å².